The highest BCUT2D eigenvalue weighted by atomic mass is 19.3. The molecule has 0 fully saturated rings. The lowest BCUT2D eigenvalue weighted by atomic mass is 10.0. The van der Waals surface area contributed by atoms with Gasteiger partial charge in [-0.05, 0) is 33.2 Å². The quantitative estimate of drug-likeness (QED) is 0.611. The van der Waals surface area contributed by atoms with Gasteiger partial charge in [-0.2, -0.15) is 0 Å². The summed E-state index contributed by atoms with van der Waals surface area (Å²) in [5.74, 6) is -3.76. The smallest absolute Gasteiger partial charge is 0.356 e. The zero-order valence-corrected chi connectivity index (χ0v) is 10.9. The third-order valence-corrected chi connectivity index (χ3v) is 2.59. The average molecular weight is 276 g/mol. The van der Waals surface area contributed by atoms with E-state index in [4.69, 9.17) is 4.74 Å². The van der Waals surface area contributed by atoms with Gasteiger partial charge < -0.3 is 4.74 Å². The van der Waals surface area contributed by atoms with Crippen LogP contribution in [0.3, 0.4) is 0 Å². The molecule has 0 aliphatic carbocycles. The predicted octanol–water partition coefficient (Wildman–Crippen LogP) is 2.21. The maximum atomic E-state index is 14.4. The first-order valence-electron chi connectivity index (χ1n) is 5.62. The highest BCUT2D eigenvalue weighted by molar-refractivity contribution is 5.87. The van der Waals surface area contributed by atoms with Crippen LogP contribution in [0.25, 0.3) is 0 Å². The van der Waals surface area contributed by atoms with Crippen molar-refractivity contribution in [3.8, 4) is 0 Å². The molecule has 4 nitrogen and oxygen atoms in total. The number of pyridine rings is 1. The fourth-order valence-electron chi connectivity index (χ4n) is 1.54. The van der Waals surface area contributed by atoms with Crippen molar-refractivity contribution in [1.29, 1.82) is 0 Å². The minimum atomic E-state index is -3.26. The molecule has 0 spiro atoms. The number of alkyl halides is 3. The molecule has 0 bridgehead atoms. The van der Waals surface area contributed by atoms with Crippen LogP contribution in [0.15, 0.2) is 18.3 Å². The fraction of sp³-hybridized carbons (Fsp3) is 0.500. The van der Waals surface area contributed by atoms with Gasteiger partial charge in [-0.1, -0.05) is 0 Å². The Bertz CT molecular complexity index is 444. The Balaban J connectivity index is 3.20. The highest BCUT2D eigenvalue weighted by Crippen LogP contribution is 2.34. The van der Waals surface area contributed by atoms with Gasteiger partial charge in [0.25, 0.3) is 6.43 Å². The van der Waals surface area contributed by atoms with Gasteiger partial charge in [0.15, 0.2) is 0 Å². The van der Waals surface area contributed by atoms with Crippen LogP contribution in [0.5, 0.6) is 0 Å². The number of carbonyl (C=O) groups excluding carboxylic acids is 1. The molecule has 0 aromatic carbocycles. The van der Waals surface area contributed by atoms with Crippen molar-refractivity contribution in [2.45, 2.75) is 19.1 Å². The van der Waals surface area contributed by atoms with E-state index in [-0.39, 0.29) is 17.9 Å². The molecular weight excluding hydrogens is 261 g/mol. The zero-order valence-electron chi connectivity index (χ0n) is 10.9. The number of ether oxygens (including phenoxy) is 1. The second-order valence-corrected chi connectivity index (χ2v) is 4.02. The van der Waals surface area contributed by atoms with Gasteiger partial charge in [0.1, 0.15) is 5.69 Å². The first-order valence-corrected chi connectivity index (χ1v) is 5.62. The molecule has 1 rings (SSSR count). The molecule has 0 amide bonds. The van der Waals surface area contributed by atoms with Crippen molar-refractivity contribution in [3.05, 3.63) is 29.6 Å². The van der Waals surface area contributed by atoms with Gasteiger partial charge in [0.05, 0.1) is 6.61 Å². The van der Waals surface area contributed by atoms with Crippen LogP contribution in [0.2, 0.25) is 0 Å². The van der Waals surface area contributed by atoms with E-state index in [0.717, 1.165) is 23.2 Å². The summed E-state index contributed by atoms with van der Waals surface area (Å²) in [5, 5.41) is 0. The van der Waals surface area contributed by atoms with Gasteiger partial charge in [-0.3, -0.25) is 4.90 Å². The van der Waals surface area contributed by atoms with Crippen LogP contribution >= 0.6 is 0 Å². The van der Waals surface area contributed by atoms with Crippen LogP contribution in [0.4, 0.5) is 13.2 Å². The third kappa shape index (κ3) is 3.04. The monoisotopic (exact) mass is 276 g/mol. The van der Waals surface area contributed by atoms with Crippen molar-refractivity contribution < 1.29 is 22.7 Å². The molecule has 19 heavy (non-hydrogen) atoms. The molecule has 1 aromatic heterocycles. The van der Waals surface area contributed by atoms with E-state index < -0.39 is 18.2 Å². The van der Waals surface area contributed by atoms with Crippen LogP contribution in [-0.2, 0) is 10.5 Å². The van der Waals surface area contributed by atoms with Crippen molar-refractivity contribution in [2.75, 3.05) is 20.7 Å². The predicted molar refractivity (Wildman–Crippen MR) is 62.7 cm³/mol. The summed E-state index contributed by atoms with van der Waals surface area (Å²) in [6.45, 7) is 1.72. The standard InChI is InChI=1S/C12H15F3N2O2/c1-4-19-10(18)9-7-8(5-6-16-9)12(15,11(13)14)17(2)3/h5-7,11H,4H2,1-3H3. The Kier molecular flexibility index (Phi) is 4.88. The largest absolute Gasteiger partial charge is 0.461 e. The number of esters is 1. The highest BCUT2D eigenvalue weighted by Gasteiger charge is 2.45. The normalized spacial score (nSPS) is 14.5. The molecule has 0 N–H and O–H groups in total. The Hall–Kier alpha value is -1.63. The summed E-state index contributed by atoms with van der Waals surface area (Å²) in [6.07, 6.45) is -2.16. The third-order valence-electron chi connectivity index (χ3n) is 2.59. The van der Waals surface area contributed by atoms with Crippen LogP contribution < -0.4 is 0 Å². The Morgan fingerprint density at radius 2 is 2.16 bits per heavy atom. The van der Waals surface area contributed by atoms with Crippen LogP contribution in [-0.4, -0.2) is 43.0 Å². The molecule has 7 heteroatoms. The van der Waals surface area contributed by atoms with Crippen molar-refractivity contribution in [2.24, 2.45) is 0 Å². The molecule has 0 aliphatic rings. The van der Waals surface area contributed by atoms with E-state index in [9.17, 15) is 18.0 Å². The Morgan fingerprint density at radius 1 is 1.53 bits per heavy atom. The Labute approximate surface area is 109 Å². The topological polar surface area (TPSA) is 42.4 Å². The summed E-state index contributed by atoms with van der Waals surface area (Å²) < 4.78 is 45.0. The second-order valence-electron chi connectivity index (χ2n) is 4.02. The molecule has 0 radical (unpaired) electrons. The van der Waals surface area contributed by atoms with E-state index in [1.54, 1.807) is 6.92 Å². The minimum absolute atomic E-state index is 0.119. The van der Waals surface area contributed by atoms with Gasteiger partial charge in [-0.25, -0.2) is 22.9 Å². The lowest BCUT2D eigenvalue weighted by molar-refractivity contribution is -0.129. The van der Waals surface area contributed by atoms with Crippen molar-refractivity contribution in [3.63, 3.8) is 0 Å². The Morgan fingerprint density at radius 3 is 2.63 bits per heavy atom. The second kappa shape index (κ2) is 6.01. The summed E-state index contributed by atoms with van der Waals surface area (Å²) >= 11 is 0. The summed E-state index contributed by atoms with van der Waals surface area (Å²) in [4.78, 5) is 15.9. The zero-order chi connectivity index (χ0) is 14.6. The first kappa shape index (κ1) is 15.4. The maximum absolute atomic E-state index is 14.4. The van der Waals surface area contributed by atoms with Gasteiger partial charge >= 0.3 is 5.97 Å². The van der Waals surface area contributed by atoms with E-state index >= 15 is 0 Å². The van der Waals surface area contributed by atoms with Crippen molar-refractivity contribution >= 4 is 5.97 Å². The number of nitrogens with zero attached hydrogens (tertiary/aromatic N) is 2. The molecule has 0 saturated carbocycles. The number of halogens is 3. The average Bonchev–Trinajstić information content (AvgIpc) is 2.37. The lowest BCUT2D eigenvalue weighted by Gasteiger charge is -2.31. The molecule has 0 aliphatic heterocycles. The number of hydrogen-bond donors (Lipinski definition) is 0. The lowest BCUT2D eigenvalue weighted by Crippen LogP contribution is -2.43. The van der Waals surface area contributed by atoms with E-state index in [0.29, 0.717) is 0 Å². The number of aromatic nitrogens is 1. The molecule has 106 valence electrons. The first-order chi connectivity index (χ1) is 8.83. The van der Waals surface area contributed by atoms with Gasteiger partial charge in [-0.15, -0.1) is 0 Å². The fourth-order valence-corrected chi connectivity index (χ4v) is 1.54. The summed E-state index contributed by atoms with van der Waals surface area (Å²) in [5.41, 5.74) is -0.547. The van der Waals surface area contributed by atoms with E-state index in [1.165, 1.54) is 14.1 Å². The molecule has 1 aromatic rings. The van der Waals surface area contributed by atoms with Crippen molar-refractivity contribution in [1.82, 2.24) is 9.88 Å². The molecule has 1 atom stereocenters. The van der Waals surface area contributed by atoms with E-state index in [1.807, 2.05) is 0 Å². The number of hydrogen-bond acceptors (Lipinski definition) is 4. The van der Waals surface area contributed by atoms with Crippen LogP contribution in [0.1, 0.15) is 23.0 Å². The molecular formula is C12H15F3N2O2. The van der Waals surface area contributed by atoms with Gasteiger partial charge in [0.2, 0.25) is 5.79 Å². The SMILES string of the molecule is CCOC(=O)c1cc(C(F)(C(F)F)N(C)C)ccn1. The summed E-state index contributed by atoms with van der Waals surface area (Å²) in [6, 6.07) is 2.08. The minimum Gasteiger partial charge on any atom is -0.461 e. The van der Waals surface area contributed by atoms with Gasteiger partial charge in [0, 0.05) is 11.8 Å². The van der Waals surface area contributed by atoms with E-state index in [2.05, 4.69) is 4.98 Å². The summed E-state index contributed by atoms with van der Waals surface area (Å²) in [7, 11) is 2.38. The van der Waals surface area contributed by atoms with Crippen LogP contribution in [0, 0.1) is 0 Å². The number of rotatable bonds is 5. The molecule has 1 unspecified atom stereocenters. The molecule has 0 saturated heterocycles. The maximum Gasteiger partial charge on any atom is 0.356 e. The molecule has 1 heterocycles. The number of carbonyl (C=O) groups is 1.